The van der Waals surface area contributed by atoms with E-state index in [0.717, 1.165) is 29.7 Å². The maximum atomic E-state index is 6.21. The first-order valence-electron chi connectivity index (χ1n) is 5.68. The van der Waals surface area contributed by atoms with Crippen LogP contribution < -0.4 is 15.2 Å². The highest BCUT2D eigenvalue weighted by molar-refractivity contribution is 5.51. The van der Waals surface area contributed by atoms with Crippen LogP contribution in [-0.2, 0) is 16.9 Å². The second kappa shape index (κ2) is 4.55. The zero-order chi connectivity index (χ0) is 12.5. The molecule has 0 amide bonds. The Morgan fingerprint density at radius 3 is 2.35 bits per heavy atom. The van der Waals surface area contributed by atoms with Gasteiger partial charge in [-0.15, -0.1) is 0 Å². The Hall–Kier alpha value is -1.26. The van der Waals surface area contributed by atoms with Gasteiger partial charge in [0.05, 0.1) is 20.8 Å². The van der Waals surface area contributed by atoms with Crippen molar-refractivity contribution in [3.05, 3.63) is 23.3 Å². The summed E-state index contributed by atoms with van der Waals surface area (Å²) >= 11 is 0. The Morgan fingerprint density at radius 1 is 1.18 bits per heavy atom. The van der Waals surface area contributed by atoms with Gasteiger partial charge in [-0.1, -0.05) is 0 Å². The summed E-state index contributed by atoms with van der Waals surface area (Å²) < 4.78 is 15.9. The van der Waals surface area contributed by atoms with Gasteiger partial charge in [0.1, 0.15) is 0 Å². The fourth-order valence-corrected chi connectivity index (χ4v) is 2.02. The molecule has 0 aromatic heterocycles. The lowest BCUT2D eigenvalue weighted by atomic mass is 10.0. The van der Waals surface area contributed by atoms with Crippen molar-refractivity contribution in [3.63, 3.8) is 0 Å². The standard InChI is InChI=1S/C13H19NO3/c1-15-8-9-6-10(13(14)4-5-13)7-11(16-2)12(9)17-3/h6-7H,4-5,8,14H2,1-3H3. The molecule has 4 nitrogen and oxygen atoms in total. The minimum Gasteiger partial charge on any atom is -0.493 e. The summed E-state index contributed by atoms with van der Waals surface area (Å²) in [6.45, 7) is 0.490. The van der Waals surface area contributed by atoms with Crippen LogP contribution in [0.1, 0.15) is 24.0 Å². The highest BCUT2D eigenvalue weighted by Gasteiger charge is 2.40. The van der Waals surface area contributed by atoms with Crippen LogP contribution in [0.15, 0.2) is 12.1 Å². The highest BCUT2D eigenvalue weighted by atomic mass is 16.5. The van der Waals surface area contributed by atoms with Gasteiger partial charge in [-0.05, 0) is 30.5 Å². The molecule has 1 aromatic rings. The maximum Gasteiger partial charge on any atom is 0.166 e. The number of methoxy groups -OCH3 is 3. The number of nitrogens with two attached hydrogens (primary N) is 1. The first-order valence-corrected chi connectivity index (χ1v) is 5.68. The summed E-state index contributed by atoms with van der Waals surface area (Å²) in [5.41, 5.74) is 8.10. The average molecular weight is 237 g/mol. The van der Waals surface area contributed by atoms with Crippen LogP contribution in [0.3, 0.4) is 0 Å². The lowest BCUT2D eigenvalue weighted by Gasteiger charge is -2.17. The fraction of sp³-hybridized carbons (Fsp3) is 0.538. The van der Waals surface area contributed by atoms with Crippen LogP contribution in [0, 0.1) is 0 Å². The van der Waals surface area contributed by atoms with Crippen molar-refractivity contribution in [2.24, 2.45) is 5.73 Å². The quantitative estimate of drug-likeness (QED) is 0.848. The van der Waals surface area contributed by atoms with Crippen LogP contribution >= 0.6 is 0 Å². The van der Waals surface area contributed by atoms with Gasteiger partial charge in [0.2, 0.25) is 0 Å². The zero-order valence-electron chi connectivity index (χ0n) is 10.6. The topological polar surface area (TPSA) is 53.7 Å². The Morgan fingerprint density at radius 2 is 1.88 bits per heavy atom. The van der Waals surface area contributed by atoms with E-state index in [0.29, 0.717) is 12.4 Å². The minimum absolute atomic E-state index is 0.179. The molecule has 1 saturated carbocycles. The molecule has 1 aliphatic carbocycles. The van der Waals surface area contributed by atoms with E-state index in [1.165, 1.54) is 0 Å². The monoisotopic (exact) mass is 237 g/mol. The summed E-state index contributed by atoms with van der Waals surface area (Å²) in [6.07, 6.45) is 2.05. The third-order valence-electron chi connectivity index (χ3n) is 3.22. The molecule has 1 aliphatic rings. The molecule has 2 N–H and O–H groups in total. The van der Waals surface area contributed by atoms with Gasteiger partial charge in [0.25, 0.3) is 0 Å². The Bertz CT molecular complexity index is 413. The molecule has 1 aromatic carbocycles. The van der Waals surface area contributed by atoms with Crippen molar-refractivity contribution in [2.45, 2.75) is 25.0 Å². The predicted molar refractivity (Wildman–Crippen MR) is 65.4 cm³/mol. The van der Waals surface area contributed by atoms with E-state index in [-0.39, 0.29) is 5.54 Å². The van der Waals surface area contributed by atoms with Gasteiger partial charge in [0.15, 0.2) is 11.5 Å². The highest BCUT2D eigenvalue weighted by Crippen LogP contribution is 2.46. The van der Waals surface area contributed by atoms with Crippen molar-refractivity contribution < 1.29 is 14.2 Å². The fourth-order valence-electron chi connectivity index (χ4n) is 2.02. The summed E-state index contributed by atoms with van der Waals surface area (Å²) in [7, 11) is 4.92. The molecule has 0 bridgehead atoms. The minimum atomic E-state index is -0.179. The van der Waals surface area contributed by atoms with Gasteiger partial charge in [0, 0.05) is 18.2 Å². The van der Waals surface area contributed by atoms with Gasteiger partial charge in [-0.25, -0.2) is 0 Å². The lowest BCUT2D eigenvalue weighted by molar-refractivity contribution is 0.180. The summed E-state index contributed by atoms with van der Waals surface area (Å²) in [5.74, 6) is 1.44. The van der Waals surface area contributed by atoms with Crippen molar-refractivity contribution in [3.8, 4) is 11.5 Å². The second-order valence-electron chi connectivity index (χ2n) is 4.46. The molecule has 4 heteroatoms. The summed E-state index contributed by atoms with van der Waals surface area (Å²) in [5, 5.41) is 0. The molecule has 0 aliphatic heterocycles. The Labute approximate surface area is 102 Å². The number of hydrogen-bond donors (Lipinski definition) is 1. The molecule has 0 unspecified atom stereocenters. The average Bonchev–Trinajstić information content (AvgIpc) is 3.08. The largest absolute Gasteiger partial charge is 0.493 e. The molecule has 0 radical (unpaired) electrons. The van der Waals surface area contributed by atoms with Gasteiger partial charge >= 0.3 is 0 Å². The van der Waals surface area contributed by atoms with Crippen LogP contribution in [0.25, 0.3) is 0 Å². The van der Waals surface area contributed by atoms with Crippen molar-refractivity contribution in [2.75, 3.05) is 21.3 Å². The van der Waals surface area contributed by atoms with E-state index in [9.17, 15) is 0 Å². The molecular weight excluding hydrogens is 218 g/mol. The Kier molecular flexibility index (Phi) is 3.26. The first kappa shape index (κ1) is 12.2. The van der Waals surface area contributed by atoms with E-state index >= 15 is 0 Å². The molecule has 0 heterocycles. The molecule has 0 spiro atoms. The molecule has 1 fully saturated rings. The molecular formula is C13H19NO3. The van der Waals surface area contributed by atoms with E-state index < -0.39 is 0 Å². The lowest BCUT2D eigenvalue weighted by Crippen LogP contribution is -2.19. The van der Waals surface area contributed by atoms with Crippen LogP contribution in [0.2, 0.25) is 0 Å². The summed E-state index contributed by atoms with van der Waals surface area (Å²) in [6, 6.07) is 4.02. The van der Waals surface area contributed by atoms with Gasteiger partial charge in [-0.3, -0.25) is 0 Å². The van der Waals surface area contributed by atoms with Crippen molar-refractivity contribution >= 4 is 0 Å². The number of ether oxygens (including phenoxy) is 3. The van der Waals surface area contributed by atoms with Crippen molar-refractivity contribution in [1.82, 2.24) is 0 Å². The third kappa shape index (κ3) is 2.23. The molecule has 94 valence electrons. The molecule has 2 rings (SSSR count). The smallest absolute Gasteiger partial charge is 0.166 e. The normalized spacial score (nSPS) is 16.7. The van der Waals surface area contributed by atoms with Crippen molar-refractivity contribution in [1.29, 1.82) is 0 Å². The molecule has 17 heavy (non-hydrogen) atoms. The third-order valence-corrected chi connectivity index (χ3v) is 3.22. The van der Waals surface area contributed by atoms with Crippen LogP contribution in [0.4, 0.5) is 0 Å². The first-order chi connectivity index (χ1) is 8.14. The van der Waals surface area contributed by atoms with Gasteiger partial charge in [-0.2, -0.15) is 0 Å². The number of hydrogen-bond acceptors (Lipinski definition) is 4. The van der Waals surface area contributed by atoms with E-state index in [4.69, 9.17) is 19.9 Å². The zero-order valence-corrected chi connectivity index (χ0v) is 10.6. The number of rotatable bonds is 5. The van der Waals surface area contributed by atoms with E-state index in [2.05, 4.69) is 6.07 Å². The predicted octanol–water partition coefficient (Wildman–Crippen LogP) is 1.80. The summed E-state index contributed by atoms with van der Waals surface area (Å²) in [4.78, 5) is 0. The van der Waals surface area contributed by atoms with Gasteiger partial charge < -0.3 is 19.9 Å². The number of benzene rings is 1. The SMILES string of the molecule is COCc1cc(C2(N)CC2)cc(OC)c1OC. The van der Waals surface area contributed by atoms with E-state index in [1.54, 1.807) is 21.3 Å². The molecule has 0 atom stereocenters. The maximum absolute atomic E-state index is 6.21. The second-order valence-corrected chi connectivity index (χ2v) is 4.46. The van der Waals surface area contributed by atoms with Crippen LogP contribution in [-0.4, -0.2) is 21.3 Å². The Balaban J connectivity index is 2.46. The van der Waals surface area contributed by atoms with Crippen LogP contribution in [0.5, 0.6) is 11.5 Å². The van der Waals surface area contributed by atoms with E-state index in [1.807, 2.05) is 6.07 Å². The molecule has 0 saturated heterocycles.